The number of amides is 1. The topological polar surface area (TPSA) is 52.6 Å². The summed E-state index contributed by atoms with van der Waals surface area (Å²) in [6.45, 7) is 0.995. The van der Waals surface area contributed by atoms with Crippen LogP contribution in [0.2, 0.25) is 4.34 Å². The van der Waals surface area contributed by atoms with Crippen LogP contribution in [0.1, 0.15) is 26.9 Å². The van der Waals surface area contributed by atoms with E-state index in [1.165, 1.54) is 11.3 Å². The lowest BCUT2D eigenvalue weighted by Gasteiger charge is -2.12. The molecule has 1 aromatic heterocycles. The van der Waals surface area contributed by atoms with Gasteiger partial charge in [-0.25, -0.2) is 0 Å². The summed E-state index contributed by atoms with van der Waals surface area (Å²) in [4.78, 5) is 14.9. The zero-order chi connectivity index (χ0) is 16.1. The van der Waals surface area contributed by atoms with Gasteiger partial charge in [-0.05, 0) is 43.9 Å². The van der Waals surface area contributed by atoms with Crippen LogP contribution < -0.4 is 5.32 Å². The normalized spacial score (nSPS) is 12.4. The Morgan fingerprint density at radius 2 is 1.95 bits per heavy atom. The second-order valence-electron chi connectivity index (χ2n) is 5.30. The van der Waals surface area contributed by atoms with Crippen molar-refractivity contribution in [3.63, 3.8) is 0 Å². The average Bonchev–Trinajstić information content (AvgIpc) is 2.91. The highest BCUT2D eigenvalue weighted by Crippen LogP contribution is 2.26. The number of rotatable bonds is 6. The first-order chi connectivity index (χ1) is 10.5. The average molecular weight is 339 g/mol. The Kier molecular flexibility index (Phi) is 5.97. The van der Waals surface area contributed by atoms with Gasteiger partial charge in [-0.2, -0.15) is 0 Å². The smallest absolute Gasteiger partial charge is 0.251 e. The molecule has 0 fully saturated rings. The fourth-order valence-electron chi connectivity index (χ4n) is 2.03. The van der Waals surface area contributed by atoms with E-state index < -0.39 is 6.10 Å². The standard InChI is InChI=1S/C16H19ClN2O2S/c1-19(2)10-11-3-5-12(6-4-11)16(21)18-9-13(20)14-7-8-15(17)22-14/h3-8,13,20H,9-10H2,1-2H3,(H,18,21)/t13-/m0/s1. The molecule has 4 nitrogen and oxygen atoms in total. The molecule has 0 aliphatic heterocycles. The van der Waals surface area contributed by atoms with Gasteiger partial charge in [-0.15, -0.1) is 11.3 Å². The van der Waals surface area contributed by atoms with Gasteiger partial charge < -0.3 is 15.3 Å². The van der Waals surface area contributed by atoms with E-state index in [0.717, 1.165) is 17.0 Å². The highest BCUT2D eigenvalue weighted by atomic mass is 35.5. The molecule has 118 valence electrons. The zero-order valence-electron chi connectivity index (χ0n) is 12.5. The third kappa shape index (κ3) is 4.81. The molecule has 0 radical (unpaired) electrons. The van der Waals surface area contributed by atoms with Gasteiger partial charge in [-0.1, -0.05) is 23.7 Å². The minimum absolute atomic E-state index is 0.162. The predicted molar refractivity (Wildman–Crippen MR) is 90.5 cm³/mol. The van der Waals surface area contributed by atoms with E-state index in [1.54, 1.807) is 24.3 Å². The number of thiophene rings is 1. The van der Waals surface area contributed by atoms with Gasteiger partial charge in [0, 0.05) is 23.5 Å². The summed E-state index contributed by atoms with van der Waals surface area (Å²) < 4.78 is 0.622. The monoisotopic (exact) mass is 338 g/mol. The molecule has 0 saturated carbocycles. The van der Waals surface area contributed by atoms with E-state index in [9.17, 15) is 9.90 Å². The second-order valence-corrected chi connectivity index (χ2v) is 7.05. The maximum Gasteiger partial charge on any atom is 0.251 e. The zero-order valence-corrected chi connectivity index (χ0v) is 14.1. The summed E-state index contributed by atoms with van der Waals surface area (Å²) in [6, 6.07) is 11.0. The van der Waals surface area contributed by atoms with E-state index in [0.29, 0.717) is 9.90 Å². The Labute approximate surface area is 139 Å². The second kappa shape index (κ2) is 7.74. The van der Waals surface area contributed by atoms with Crippen LogP contribution >= 0.6 is 22.9 Å². The molecule has 2 rings (SSSR count). The van der Waals surface area contributed by atoms with Crippen molar-refractivity contribution in [2.24, 2.45) is 0 Å². The van der Waals surface area contributed by atoms with Crippen LogP contribution in [0, 0.1) is 0 Å². The lowest BCUT2D eigenvalue weighted by molar-refractivity contribution is 0.0918. The van der Waals surface area contributed by atoms with Gasteiger partial charge in [-0.3, -0.25) is 4.79 Å². The first-order valence-corrected chi connectivity index (χ1v) is 8.10. The van der Waals surface area contributed by atoms with Crippen LogP contribution in [0.4, 0.5) is 0 Å². The predicted octanol–water partition coefficient (Wildman–Crippen LogP) is 2.93. The van der Waals surface area contributed by atoms with Crippen molar-refractivity contribution < 1.29 is 9.90 Å². The van der Waals surface area contributed by atoms with E-state index in [4.69, 9.17) is 11.6 Å². The van der Waals surface area contributed by atoms with Crippen molar-refractivity contribution in [1.29, 1.82) is 0 Å². The summed E-state index contributed by atoms with van der Waals surface area (Å²) in [5, 5.41) is 12.7. The number of benzene rings is 1. The summed E-state index contributed by atoms with van der Waals surface area (Å²) >= 11 is 7.14. The van der Waals surface area contributed by atoms with Crippen molar-refractivity contribution in [2.75, 3.05) is 20.6 Å². The van der Waals surface area contributed by atoms with Crippen molar-refractivity contribution >= 4 is 28.8 Å². The largest absolute Gasteiger partial charge is 0.386 e. The van der Waals surface area contributed by atoms with Gasteiger partial charge in [0.15, 0.2) is 0 Å². The summed E-state index contributed by atoms with van der Waals surface area (Å²) in [5.74, 6) is -0.196. The summed E-state index contributed by atoms with van der Waals surface area (Å²) in [5.41, 5.74) is 1.73. The van der Waals surface area contributed by atoms with E-state index in [1.807, 2.05) is 26.2 Å². The van der Waals surface area contributed by atoms with Crippen LogP contribution in [0.15, 0.2) is 36.4 Å². The Hall–Kier alpha value is -1.40. The SMILES string of the molecule is CN(C)Cc1ccc(C(=O)NC[C@H](O)c2ccc(Cl)s2)cc1. The first-order valence-electron chi connectivity index (χ1n) is 6.91. The number of nitrogens with zero attached hydrogens (tertiary/aromatic N) is 1. The molecule has 6 heteroatoms. The minimum Gasteiger partial charge on any atom is -0.386 e. The number of hydrogen-bond acceptors (Lipinski definition) is 4. The van der Waals surface area contributed by atoms with Crippen molar-refractivity contribution in [2.45, 2.75) is 12.6 Å². The molecule has 0 aliphatic carbocycles. The molecule has 1 atom stereocenters. The molecule has 0 unspecified atom stereocenters. The molecule has 2 N–H and O–H groups in total. The van der Waals surface area contributed by atoms with Gasteiger partial charge in [0.1, 0.15) is 6.10 Å². The van der Waals surface area contributed by atoms with E-state index >= 15 is 0 Å². The molecule has 0 saturated heterocycles. The van der Waals surface area contributed by atoms with Gasteiger partial charge >= 0.3 is 0 Å². The van der Waals surface area contributed by atoms with E-state index in [2.05, 4.69) is 10.2 Å². The van der Waals surface area contributed by atoms with E-state index in [-0.39, 0.29) is 12.5 Å². The lowest BCUT2D eigenvalue weighted by atomic mass is 10.1. The molecule has 1 amide bonds. The van der Waals surface area contributed by atoms with Crippen LogP contribution in [-0.4, -0.2) is 36.6 Å². The minimum atomic E-state index is -0.741. The maximum atomic E-state index is 12.1. The van der Waals surface area contributed by atoms with Crippen molar-refractivity contribution in [3.8, 4) is 0 Å². The fraction of sp³-hybridized carbons (Fsp3) is 0.312. The van der Waals surface area contributed by atoms with Crippen LogP contribution in [0.3, 0.4) is 0 Å². The molecular formula is C16H19ClN2O2S. The Bertz CT molecular complexity index is 625. The van der Waals surface area contributed by atoms with Crippen molar-refractivity contribution in [3.05, 3.63) is 56.7 Å². The molecule has 0 spiro atoms. The molecular weight excluding hydrogens is 320 g/mol. The first kappa shape index (κ1) is 17.0. The number of hydrogen-bond donors (Lipinski definition) is 2. The van der Waals surface area contributed by atoms with Crippen LogP contribution in [0.25, 0.3) is 0 Å². The van der Waals surface area contributed by atoms with Crippen LogP contribution in [-0.2, 0) is 6.54 Å². The third-order valence-electron chi connectivity index (χ3n) is 3.09. The van der Waals surface area contributed by atoms with Crippen LogP contribution in [0.5, 0.6) is 0 Å². The summed E-state index contributed by atoms with van der Waals surface area (Å²) in [6.07, 6.45) is -0.741. The molecule has 22 heavy (non-hydrogen) atoms. The highest BCUT2D eigenvalue weighted by Gasteiger charge is 2.12. The Balaban J connectivity index is 1.89. The number of carbonyl (C=O) groups excluding carboxylic acids is 1. The van der Waals surface area contributed by atoms with Gasteiger partial charge in [0.2, 0.25) is 0 Å². The number of carbonyl (C=O) groups is 1. The number of nitrogens with one attached hydrogen (secondary N) is 1. The number of aliphatic hydroxyl groups is 1. The maximum absolute atomic E-state index is 12.1. The Morgan fingerprint density at radius 1 is 1.27 bits per heavy atom. The van der Waals surface area contributed by atoms with Gasteiger partial charge in [0.05, 0.1) is 4.34 Å². The fourth-order valence-corrected chi connectivity index (χ4v) is 3.07. The lowest BCUT2D eigenvalue weighted by Crippen LogP contribution is -2.28. The highest BCUT2D eigenvalue weighted by molar-refractivity contribution is 7.16. The van der Waals surface area contributed by atoms with Gasteiger partial charge in [0.25, 0.3) is 5.91 Å². The van der Waals surface area contributed by atoms with Crippen molar-refractivity contribution in [1.82, 2.24) is 10.2 Å². The molecule has 1 aromatic carbocycles. The molecule has 0 aliphatic rings. The number of halogens is 1. The summed E-state index contributed by atoms with van der Waals surface area (Å²) in [7, 11) is 4.00. The quantitative estimate of drug-likeness (QED) is 0.851. The molecule has 2 aromatic rings. The molecule has 0 bridgehead atoms. The number of aliphatic hydroxyl groups excluding tert-OH is 1. The molecule has 1 heterocycles. The Morgan fingerprint density at radius 3 is 2.50 bits per heavy atom. The third-order valence-corrected chi connectivity index (χ3v) is 4.43.